The van der Waals surface area contributed by atoms with Gasteiger partial charge in [0.25, 0.3) is 0 Å². The third kappa shape index (κ3) is 4.56. The van der Waals surface area contributed by atoms with E-state index in [1.165, 1.54) is 0 Å². The van der Waals surface area contributed by atoms with Gasteiger partial charge in [0.15, 0.2) is 0 Å². The van der Waals surface area contributed by atoms with Crippen LogP contribution in [0.2, 0.25) is 0 Å². The van der Waals surface area contributed by atoms with Crippen LogP contribution in [-0.4, -0.2) is 46.4 Å². The van der Waals surface area contributed by atoms with Crippen molar-refractivity contribution in [1.29, 1.82) is 0 Å². The van der Waals surface area contributed by atoms with Crippen LogP contribution in [-0.2, 0) is 16.0 Å². The standard InChI is InChI=1S/C10H10O3.Na.H/c11-9(10(12)13)7-6-8-4-2-1-3-5-8;;/h1-5H,6-7H2,(H,12,13);;. The third-order valence-corrected chi connectivity index (χ3v) is 1.72. The molecule has 0 aliphatic carbocycles. The van der Waals surface area contributed by atoms with Crippen molar-refractivity contribution in [2.24, 2.45) is 0 Å². The third-order valence-electron chi connectivity index (χ3n) is 1.72. The summed E-state index contributed by atoms with van der Waals surface area (Å²) in [5, 5.41) is 8.31. The molecule has 0 aliphatic rings. The van der Waals surface area contributed by atoms with Crippen molar-refractivity contribution in [2.45, 2.75) is 12.8 Å². The van der Waals surface area contributed by atoms with E-state index in [4.69, 9.17) is 5.11 Å². The number of aliphatic carboxylic acids is 1. The number of carboxylic acids is 1. The first-order valence-corrected chi connectivity index (χ1v) is 4.00. The van der Waals surface area contributed by atoms with Crippen molar-refractivity contribution in [1.82, 2.24) is 0 Å². The van der Waals surface area contributed by atoms with Crippen molar-refractivity contribution in [3.8, 4) is 0 Å². The molecule has 0 bridgehead atoms. The summed E-state index contributed by atoms with van der Waals surface area (Å²) in [5.74, 6) is -2.08. The van der Waals surface area contributed by atoms with Gasteiger partial charge in [0.2, 0.25) is 5.78 Å². The van der Waals surface area contributed by atoms with E-state index in [0.717, 1.165) is 5.56 Å². The molecule has 0 amide bonds. The van der Waals surface area contributed by atoms with E-state index in [-0.39, 0.29) is 36.0 Å². The van der Waals surface area contributed by atoms with Crippen molar-refractivity contribution >= 4 is 41.3 Å². The van der Waals surface area contributed by atoms with Gasteiger partial charge in [-0.25, -0.2) is 4.79 Å². The van der Waals surface area contributed by atoms with Crippen molar-refractivity contribution in [3.05, 3.63) is 35.9 Å². The van der Waals surface area contributed by atoms with Gasteiger partial charge in [0.1, 0.15) is 0 Å². The molecule has 0 saturated carbocycles. The number of carbonyl (C=O) groups excluding carboxylic acids is 1. The Kier molecular flexibility index (Phi) is 6.45. The van der Waals surface area contributed by atoms with Crippen LogP contribution in [0.4, 0.5) is 0 Å². The molecule has 0 aromatic heterocycles. The van der Waals surface area contributed by atoms with Crippen molar-refractivity contribution < 1.29 is 14.7 Å². The summed E-state index contributed by atoms with van der Waals surface area (Å²) in [5.41, 5.74) is 0.983. The first-order chi connectivity index (χ1) is 6.20. The summed E-state index contributed by atoms with van der Waals surface area (Å²) in [7, 11) is 0. The SMILES string of the molecule is O=C(O)C(=O)CCc1ccccc1.[NaH]. The van der Waals surface area contributed by atoms with Crippen LogP contribution in [0.25, 0.3) is 0 Å². The zero-order valence-electron chi connectivity index (χ0n) is 7.06. The molecular formula is C10H11NaO3. The zero-order chi connectivity index (χ0) is 9.68. The minimum atomic E-state index is -1.35. The summed E-state index contributed by atoms with van der Waals surface area (Å²) in [6.07, 6.45) is 0.561. The Morgan fingerprint density at radius 2 is 1.71 bits per heavy atom. The number of aryl methyl sites for hydroxylation is 1. The Bertz CT molecular complexity index is 308. The second-order valence-electron chi connectivity index (χ2n) is 2.71. The number of hydrogen-bond acceptors (Lipinski definition) is 2. The molecule has 0 spiro atoms. The fraction of sp³-hybridized carbons (Fsp3) is 0.200. The Morgan fingerprint density at radius 1 is 1.14 bits per heavy atom. The fourth-order valence-electron chi connectivity index (χ4n) is 1.01. The molecule has 0 saturated heterocycles. The maximum atomic E-state index is 10.7. The Labute approximate surface area is 104 Å². The monoisotopic (exact) mass is 202 g/mol. The van der Waals surface area contributed by atoms with Crippen LogP contribution < -0.4 is 0 Å². The van der Waals surface area contributed by atoms with E-state index in [1.807, 2.05) is 30.3 Å². The molecule has 70 valence electrons. The van der Waals surface area contributed by atoms with E-state index < -0.39 is 11.8 Å². The number of Topliss-reactive ketones (excluding diaryl/α,β-unsaturated/α-hetero) is 1. The fourth-order valence-corrected chi connectivity index (χ4v) is 1.01. The normalized spacial score (nSPS) is 8.86. The second kappa shape index (κ2) is 6.76. The van der Waals surface area contributed by atoms with Gasteiger partial charge >= 0.3 is 35.5 Å². The van der Waals surface area contributed by atoms with E-state index in [1.54, 1.807) is 0 Å². The number of carbonyl (C=O) groups is 2. The van der Waals surface area contributed by atoms with Gasteiger partial charge < -0.3 is 5.11 Å². The van der Waals surface area contributed by atoms with Gasteiger partial charge in [0.05, 0.1) is 0 Å². The summed E-state index contributed by atoms with van der Waals surface area (Å²) in [6, 6.07) is 9.34. The van der Waals surface area contributed by atoms with E-state index in [9.17, 15) is 9.59 Å². The Hall–Kier alpha value is -0.640. The second-order valence-corrected chi connectivity index (χ2v) is 2.71. The van der Waals surface area contributed by atoms with Crippen LogP contribution in [0.3, 0.4) is 0 Å². The molecule has 0 radical (unpaired) electrons. The van der Waals surface area contributed by atoms with Gasteiger partial charge in [-0.3, -0.25) is 4.79 Å². The van der Waals surface area contributed by atoms with Crippen LogP contribution in [0.5, 0.6) is 0 Å². The van der Waals surface area contributed by atoms with Crippen molar-refractivity contribution in [3.63, 3.8) is 0 Å². The summed E-state index contributed by atoms with van der Waals surface area (Å²) >= 11 is 0. The minimum absolute atomic E-state index is 0. The van der Waals surface area contributed by atoms with Crippen LogP contribution in [0.15, 0.2) is 30.3 Å². The van der Waals surface area contributed by atoms with Gasteiger partial charge in [-0.15, -0.1) is 0 Å². The molecule has 0 fully saturated rings. The Balaban J connectivity index is 0.00000169. The molecule has 0 atom stereocenters. The van der Waals surface area contributed by atoms with Gasteiger partial charge in [-0.1, -0.05) is 30.3 Å². The number of benzene rings is 1. The van der Waals surface area contributed by atoms with Crippen molar-refractivity contribution in [2.75, 3.05) is 0 Å². The summed E-state index contributed by atoms with van der Waals surface area (Å²) < 4.78 is 0. The summed E-state index contributed by atoms with van der Waals surface area (Å²) in [6.45, 7) is 0. The zero-order valence-corrected chi connectivity index (χ0v) is 7.06. The molecule has 14 heavy (non-hydrogen) atoms. The number of hydrogen-bond donors (Lipinski definition) is 1. The maximum absolute atomic E-state index is 10.7. The van der Waals surface area contributed by atoms with Crippen LogP contribution in [0.1, 0.15) is 12.0 Å². The van der Waals surface area contributed by atoms with E-state index in [0.29, 0.717) is 6.42 Å². The molecule has 4 heteroatoms. The number of rotatable bonds is 4. The molecule has 0 heterocycles. The average Bonchev–Trinajstić information content (AvgIpc) is 2.15. The molecular weight excluding hydrogens is 191 g/mol. The molecule has 0 unspecified atom stereocenters. The first kappa shape index (κ1) is 13.4. The molecule has 3 nitrogen and oxygen atoms in total. The average molecular weight is 202 g/mol. The van der Waals surface area contributed by atoms with Gasteiger partial charge in [0, 0.05) is 6.42 Å². The van der Waals surface area contributed by atoms with Crippen LogP contribution >= 0.6 is 0 Å². The molecule has 1 N–H and O–H groups in total. The number of ketones is 1. The predicted molar refractivity (Wildman–Crippen MR) is 54.6 cm³/mol. The molecule has 1 rings (SSSR count). The molecule has 1 aromatic rings. The van der Waals surface area contributed by atoms with E-state index >= 15 is 0 Å². The predicted octanol–water partition coefficient (Wildman–Crippen LogP) is 0.624. The van der Waals surface area contributed by atoms with E-state index in [2.05, 4.69) is 0 Å². The quantitative estimate of drug-likeness (QED) is 0.575. The van der Waals surface area contributed by atoms with Crippen LogP contribution in [0, 0.1) is 0 Å². The molecule has 0 aliphatic heterocycles. The first-order valence-electron chi connectivity index (χ1n) is 4.00. The van der Waals surface area contributed by atoms with Gasteiger partial charge in [-0.05, 0) is 12.0 Å². The Morgan fingerprint density at radius 3 is 2.21 bits per heavy atom. The number of carboxylic acid groups (broad SMARTS) is 1. The topological polar surface area (TPSA) is 54.4 Å². The van der Waals surface area contributed by atoms with Gasteiger partial charge in [-0.2, -0.15) is 0 Å². The molecule has 1 aromatic carbocycles. The summed E-state index contributed by atoms with van der Waals surface area (Å²) in [4.78, 5) is 20.9.